The molecule has 1 atom stereocenters. The van der Waals surface area contributed by atoms with Crippen molar-refractivity contribution in [3.8, 4) is 5.75 Å². The molecule has 2 aromatic carbocycles. The molecule has 0 heterocycles. The smallest absolute Gasteiger partial charge is 0.307 e. The predicted octanol–water partition coefficient (Wildman–Crippen LogP) is 2.71. The topological polar surface area (TPSA) is 75.6 Å². The maximum atomic E-state index is 12.9. The number of carboxylic acids is 1. The van der Waals surface area contributed by atoms with Gasteiger partial charge in [-0.1, -0.05) is 24.3 Å². The fourth-order valence-corrected chi connectivity index (χ4v) is 2.14. The molecule has 2 rings (SSSR count). The van der Waals surface area contributed by atoms with Crippen molar-refractivity contribution in [3.63, 3.8) is 0 Å². The van der Waals surface area contributed by atoms with Crippen molar-refractivity contribution in [3.05, 3.63) is 65.5 Å². The molecular formula is C18H18FNO4. The van der Waals surface area contributed by atoms with Crippen LogP contribution in [0.2, 0.25) is 0 Å². The number of benzene rings is 2. The minimum Gasteiger partial charge on any atom is -0.484 e. The van der Waals surface area contributed by atoms with Crippen LogP contribution in [0.15, 0.2) is 48.5 Å². The average Bonchev–Trinajstić information content (AvgIpc) is 2.54. The molecule has 0 aliphatic rings. The van der Waals surface area contributed by atoms with Crippen LogP contribution in [-0.4, -0.2) is 23.6 Å². The number of amides is 1. The Morgan fingerprint density at radius 2 is 1.75 bits per heavy atom. The van der Waals surface area contributed by atoms with E-state index in [9.17, 15) is 14.0 Å². The summed E-state index contributed by atoms with van der Waals surface area (Å²) in [5, 5.41) is 11.5. The number of carboxylic acid groups (broad SMARTS) is 1. The second-order valence-electron chi connectivity index (χ2n) is 5.34. The van der Waals surface area contributed by atoms with E-state index >= 15 is 0 Å². The molecule has 0 saturated carbocycles. The lowest BCUT2D eigenvalue weighted by Crippen LogP contribution is -2.31. The second kappa shape index (κ2) is 8.10. The van der Waals surface area contributed by atoms with E-state index in [0.29, 0.717) is 11.3 Å². The zero-order valence-electron chi connectivity index (χ0n) is 13.2. The van der Waals surface area contributed by atoms with Gasteiger partial charge in [0.1, 0.15) is 11.6 Å². The van der Waals surface area contributed by atoms with Gasteiger partial charge in [-0.15, -0.1) is 0 Å². The molecule has 0 aliphatic heterocycles. The molecular weight excluding hydrogens is 313 g/mol. The standard InChI is InChI=1S/C18H18FNO4/c1-12(14-4-6-15(19)7-5-14)20-17(21)11-24-16-8-2-13(3-9-16)10-18(22)23/h2-9,12H,10-11H2,1H3,(H,20,21)(H,22,23). The third-order valence-corrected chi connectivity index (χ3v) is 3.40. The quantitative estimate of drug-likeness (QED) is 0.818. The summed E-state index contributed by atoms with van der Waals surface area (Å²) < 4.78 is 18.2. The van der Waals surface area contributed by atoms with E-state index in [1.54, 1.807) is 43.3 Å². The summed E-state index contributed by atoms with van der Waals surface area (Å²) in [6, 6.07) is 12.2. The number of nitrogens with one attached hydrogen (secondary N) is 1. The van der Waals surface area contributed by atoms with Gasteiger partial charge in [-0.2, -0.15) is 0 Å². The molecule has 0 spiro atoms. The Labute approximate surface area is 139 Å². The number of carbonyl (C=O) groups is 2. The van der Waals surface area contributed by atoms with Crippen LogP contribution in [0.25, 0.3) is 0 Å². The highest BCUT2D eigenvalue weighted by molar-refractivity contribution is 5.78. The highest BCUT2D eigenvalue weighted by Gasteiger charge is 2.10. The summed E-state index contributed by atoms with van der Waals surface area (Å²) >= 11 is 0. The highest BCUT2D eigenvalue weighted by atomic mass is 19.1. The summed E-state index contributed by atoms with van der Waals surface area (Å²) in [5.74, 6) is -1.06. The summed E-state index contributed by atoms with van der Waals surface area (Å²) in [6.07, 6.45) is -0.0596. The van der Waals surface area contributed by atoms with Gasteiger partial charge in [0, 0.05) is 0 Å². The first-order valence-electron chi connectivity index (χ1n) is 7.42. The average molecular weight is 331 g/mol. The molecule has 0 aliphatic carbocycles. The van der Waals surface area contributed by atoms with Gasteiger partial charge in [-0.05, 0) is 42.3 Å². The summed E-state index contributed by atoms with van der Waals surface area (Å²) in [7, 11) is 0. The molecule has 0 saturated heterocycles. The van der Waals surface area contributed by atoms with Crippen molar-refractivity contribution in [2.45, 2.75) is 19.4 Å². The van der Waals surface area contributed by atoms with Crippen LogP contribution in [0.1, 0.15) is 24.1 Å². The minimum absolute atomic E-state index is 0.0596. The fourth-order valence-electron chi connectivity index (χ4n) is 2.14. The highest BCUT2D eigenvalue weighted by Crippen LogP contribution is 2.14. The maximum absolute atomic E-state index is 12.9. The van der Waals surface area contributed by atoms with Gasteiger partial charge >= 0.3 is 5.97 Å². The normalized spacial score (nSPS) is 11.6. The van der Waals surface area contributed by atoms with Crippen molar-refractivity contribution in [2.24, 2.45) is 0 Å². The van der Waals surface area contributed by atoms with E-state index in [1.807, 2.05) is 0 Å². The third kappa shape index (κ3) is 5.39. The Bertz CT molecular complexity index is 698. The van der Waals surface area contributed by atoms with Crippen molar-refractivity contribution < 1.29 is 23.8 Å². The number of hydrogen-bond donors (Lipinski definition) is 2. The van der Waals surface area contributed by atoms with E-state index in [2.05, 4.69) is 5.32 Å². The Morgan fingerprint density at radius 1 is 1.12 bits per heavy atom. The molecule has 24 heavy (non-hydrogen) atoms. The molecule has 0 aromatic heterocycles. The van der Waals surface area contributed by atoms with Crippen LogP contribution in [0.5, 0.6) is 5.75 Å². The molecule has 6 heteroatoms. The van der Waals surface area contributed by atoms with Crippen LogP contribution >= 0.6 is 0 Å². The number of carbonyl (C=O) groups excluding carboxylic acids is 1. The number of aliphatic carboxylic acids is 1. The predicted molar refractivity (Wildman–Crippen MR) is 86.2 cm³/mol. The third-order valence-electron chi connectivity index (χ3n) is 3.40. The van der Waals surface area contributed by atoms with Gasteiger partial charge in [0.05, 0.1) is 12.5 Å². The lowest BCUT2D eigenvalue weighted by Gasteiger charge is -2.14. The number of ether oxygens (including phenoxy) is 1. The van der Waals surface area contributed by atoms with Gasteiger partial charge in [-0.25, -0.2) is 4.39 Å². The summed E-state index contributed by atoms with van der Waals surface area (Å²) in [5.41, 5.74) is 1.45. The molecule has 2 aromatic rings. The van der Waals surface area contributed by atoms with Crippen LogP contribution in [0, 0.1) is 5.82 Å². The zero-order valence-corrected chi connectivity index (χ0v) is 13.2. The van der Waals surface area contributed by atoms with Crippen LogP contribution < -0.4 is 10.1 Å². The molecule has 126 valence electrons. The van der Waals surface area contributed by atoms with Gasteiger partial charge in [0.25, 0.3) is 5.91 Å². The lowest BCUT2D eigenvalue weighted by molar-refractivity contribution is -0.136. The maximum Gasteiger partial charge on any atom is 0.307 e. The molecule has 1 unspecified atom stereocenters. The Kier molecular flexibility index (Phi) is 5.89. The molecule has 0 bridgehead atoms. The molecule has 0 fully saturated rings. The van der Waals surface area contributed by atoms with Crippen molar-refractivity contribution in [1.29, 1.82) is 0 Å². The fraction of sp³-hybridized carbons (Fsp3) is 0.222. The van der Waals surface area contributed by atoms with E-state index in [1.165, 1.54) is 12.1 Å². The van der Waals surface area contributed by atoms with Crippen LogP contribution in [0.4, 0.5) is 4.39 Å². The first-order valence-corrected chi connectivity index (χ1v) is 7.42. The molecule has 5 nitrogen and oxygen atoms in total. The van der Waals surface area contributed by atoms with E-state index in [0.717, 1.165) is 5.56 Å². The monoisotopic (exact) mass is 331 g/mol. The summed E-state index contributed by atoms with van der Waals surface area (Å²) in [6.45, 7) is 1.63. The molecule has 1 amide bonds. The SMILES string of the molecule is CC(NC(=O)COc1ccc(CC(=O)O)cc1)c1ccc(F)cc1. The van der Waals surface area contributed by atoms with E-state index in [-0.39, 0.29) is 30.8 Å². The number of halogens is 1. The minimum atomic E-state index is -0.905. The van der Waals surface area contributed by atoms with Crippen molar-refractivity contribution in [2.75, 3.05) is 6.61 Å². The second-order valence-corrected chi connectivity index (χ2v) is 5.34. The largest absolute Gasteiger partial charge is 0.484 e. The van der Waals surface area contributed by atoms with Gasteiger partial charge < -0.3 is 15.2 Å². The zero-order chi connectivity index (χ0) is 17.5. The van der Waals surface area contributed by atoms with Crippen LogP contribution in [0.3, 0.4) is 0 Å². The Morgan fingerprint density at radius 3 is 2.33 bits per heavy atom. The van der Waals surface area contributed by atoms with Crippen molar-refractivity contribution >= 4 is 11.9 Å². The van der Waals surface area contributed by atoms with E-state index < -0.39 is 5.97 Å². The van der Waals surface area contributed by atoms with E-state index in [4.69, 9.17) is 9.84 Å². The van der Waals surface area contributed by atoms with Crippen molar-refractivity contribution in [1.82, 2.24) is 5.32 Å². The number of hydrogen-bond acceptors (Lipinski definition) is 3. The lowest BCUT2D eigenvalue weighted by atomic mass is 10.1. The van der Waals surface area contributed by atoms with Gasteiger partial charge in [0.2, 0.25) is 0 Å². The summed E-state index contributed by atoms with van der Waals surface area (Å²) in [4.78, 5) is 22.5. The molecule has 2 N–H and O–H groups in total. The first-order chi connectivity index (χ1) is 11.4. The van der Waals surface area contributed by atoms with Gasteiger partial charge in [0.15, 0.2) is 6.61 Å². The first kappa shape index (κ1) is 17.5. The Balaban J connectivity index is 1.82. The van der Waals surface area contributed by atoms with Crippen LogP contribution in [-0.2, 0) is 16.0 Å². The Hall–Kier alpha value is -2.89. The number of rotatable bonds is 7. The van der Waals surface area contributed by atoms with Gasteiger partial charge in [-0.3, -0.25) is 9.59 Å². The molecule has 0 radical (unpaired) electrons.